The summed E-state index contributed by atoms with van der Waals surface area (Å²) in [5.41, 5.74) is -0.0373. The van der Waals surface area contributed by atoms with Gasteiger partial charge in [0.2, 0.25) is 5.91 Å². The molecule has 1 amide bonds. The number of amides is 1. The van der Waals surface area contributed by atoms with E-state index in [9.17, 15) is 4.79 Å². The quantitative estimate of drug-likeness (QED) is 0.776. The third-order valence-electron chi connectivity index (χ3n) is 3.81. The van der Waals surface area contributed by atoms with Gasteiger partial charge in [-0.2, -0.15) is 0 Å². The fourth-order valence-corrected chi connectivity index (χ4v) is 2.85. The highest BCUT2D eigenvalue weighted by Gasteiger charge is 2.61. The average molecular weight is 278 g/mol. The minimum absolute atomic E-state index is 0.00750. The first-order valence-electron chi connectivity index (χ1n) is 5.84. The molecule has 1 heterocycles. The molecule has 2 aliphatic rings. The topological polar surface area (TPSA) is 29.5 Å². The molecule has 0 spiro atoms. The predicted molar refractivity (Wildman–Crippen MR) is 67.9 cm³/mol. The van der Waals surface area contributed by atoms with E-state index < -0.39 is 0 Å². The lowest BCUT2D eigenvalue weighted by Crippen LogP contribution is -2.42. The SMILES string of the molecule is CC1(C)[C@H](C=C(Cl)Cl)[C@H]1C(=O)N1CCOCC1. The second-order valence-electron chi connectivity index (χ2n) is 5.22. The number of hydrogen-bond donors (Lipinski definition) is 0. The summed E-state index contributed by atoms with van der Waals surface area (Å²) >= 11 is 11.4. The first kappa shape index (κ1) is 13.2. The first-order valence-corrected chi connectivity index (χ1v) is 6.59. The van der Waals surface area contributed by atoms with E-state index in [1.165, 1.54) is 0 Å². The van der Waals surface area contributed by atoms with Crippen LogP contribution in [-0.4, -0.2) is 37.1 Å². The van der Waals surface area contributed by atoms with Gasteiger partial charge in [-0.3, -0.25) is 4.79 Å². The summed E-state index contributed by atoms with van der Waals surface area (Å²) in [4.78, 5) is 14.2. The van der Waals surface area contributed by atoms with Gasteiger partial charge in [0.15, 0.2) is 0 Å². The van der Waals surface area contributed by atoms with E-state index in [2.05, 4.69) is 13.8 Å². The molecule has 1 saturated carbocycles. The number of carbonyl (C=O) groups is 1. The van der Waals surface area contributed by atoms with Crippen molar-refractivity contribution >= 4 is 29.1 Å². The molecule has 96 valence electrons. The van der Waals surface area contributed by atoms with Crippen LogP contribution in [0.15, 0.2) is 10.6 Å². The maximum atomic E-state index is 12.3. The van der Waals surface area contributed by atoms with Gasteiger partial charge in [-0.15, -0.1) is 0 Å². The molecular weight excluding hydrogens is 261 g/mol. The lowest BCUT2D eigenvalue weighted by Gasteiger charge is -2.27. The Kier molecular flexibility index (Phi) is 3.71. The van der Waals surface area contributed by atoms with Crippen LogP contribution in [0, 0.1) is 17.3 Å². The molecule has 17 heavy (non-hydrogen) atoms. The highest BCUT2D eigenvalue weighted by Crippen LogP contribution is 2.60. The summed E-state index contributed by atoms with van der Waals surface area (Å²) in [5.74, 6) is 0.366. The Bertz CT molecular complexity index is 344. The summed E-state index contributed by atoms with van der Waals surface area (Å²) in [6.07, 6.45) is 1.78. The zero-order valence-electron chi connectivity index (χ0n) is 10.1. The van der Waals surface area contributed by atoms with Gasteiger partial charge in [0.05, 0.1) is 19.1 Å². The van der Waals surface area contributed by atoms with Crippen LogP contribution in [-0.2, 0) is 9.53 Å². The predicted octanol–water partition coefficient (Wildman–Crippen LogP) is 2.44. The monoisotopic (exact) mass is 277 g/mol. The molecule has 2 rings (SSSR count). The van der Waals surface area contributed by atoms with Crippen molar-refractivity contribution in [3.05, 3.63) is 10.6 Å². The fraction of sp³-hybridized carbons (Fsp3) is 0.750. The molecule has 5 heteroatoms. The molecular formula is C12H17Cl2NO2. The Morgan fingerprint density at radius 3 is 2.47 bits per heavy atom. The van der Waals surface area contributed by atoms with Gasteiger partial charge in [0.25, 0.3) is 0 Å². The van der Waals surface area contributed by atoms with Gasteiger partial charge >= 0.3 is 0 Å². The van der Waals surface area contributed by atoms with Crippen molar-refractivity contribution in [2.45, 2.75) is 13.8 Å². The van der Waals surface area contributed by atoms with Crippen molar-refractivity contribution in [3.8, 4) is 0 Å². The first-order chi connectivity index (χ1) is 7.94. The highest BCUT2D eigenvalue weighted by atomic mass is 35.5. The molecule has 3 nitrogen and oxygen atoms in total. The van der Waals surface area contributed by atoms with Gasteiger partial charge in [-0.25, -0.2) is 0 Å². The Hall–Kier alpha value is -0.250. The summed E-state index contributed by atoms with van der Waals surface area (Å²) in [7, 11) is 0. The molecule has 0 bridgehead atoms. The van der Waals surface area contributed by atoms with Crippen molar-refractivity contribution in [2.24, 2.45) is 17.3 Å². The molecule has 2 atom stereocenters. The lowest BCUT2D eigenvalue weighted by atomic mass is 10.1. The zero-order chi connectivity index (χ0) is 12.6. The minimum Gasteiger partial charge on any atom is -0.378 e. The van der Waals surface area contributed by atoms with E-state index in [1.54, 1.807) is 6.08 Å². The second kappa shape index (κ2) is 4.79. The number of morpholine rings is 1. The van der Waals surface area contributed by atoms with Crippen LogP contribution in [0.25, 0.3) is 0 Å². The molecule has 1 saturated heterocycles. The normalized spacial score (nSPS) is 30.9. The summed E-state index contributed by atoms with van der Waals surface area (Å²) in [6, 6.07) is 0. The minimum atomic E-state index is -0.0373. The van der Waals surface area contributed by atoms with Crippen LogP contribution >= 0.6 is 23.2 Å². The van der Waals surface area contributed by atoms with E-state index in [4.69, 9.17) is 27.9 Å². The zero-order valence-corrected chi connectivity index (χ0v) is 11.6. The van der Waals surface area contributed by atoms with Crippen molar-refractivity contribution in [3.63, 3.8) is 0 Å². The standard InChI is InChI=1S/C12H17Cl2NO2/c1-12(2)8(7-9(13)14)10(12)11(16)15-3-5-17-6-4-15/h7-8,10H,3-6H2,1-2H3/t8-,10+/m1/s1. The molecule has 0 radical (unpaired) electrons. The summed E-state index contributed by atoms with van der Waals surface area (Å²) in [5, 5.41) is 0. The Labute approximate surface area is 112 Å². The Morgan fingerprint density at radius 1 is 1.35 bits per heavy atom. The lowest BCUT2D eigenvalue weighted by molar-refractivity contribution is -0.137. The molecule has 2 fully saturated rings. The smallest absolute Gasteiger partial charge is 0.227 e. The maximum Gasteiger partial charge on any atom is 0.227 e. The molecule has 0 aromatic rings. The molecule has 0 unspecified atom stereocenters. The van der Waals surface area contributed by atoms with Crippen LogP contribution in [0.5, 0.6) is 0 Å². The van der Waals surface area contributed by atoms with E-state index >= 15 is 0 Å². The second-order valence-corrected chi connectivity index (χ2v) is 6.23. The molecule has 1 aliphatic carbocycles. The van der Waals surface area contributed by atoms with Crippen molar-refractivity contribution in [1.82, 2.24) is 4.90 Å². The molecule has 0 aromatic carbocycles. The summed E-state index contributed by atoms with van der Waals surface area (Å²) < 4.78 is 5.50. The number of hydrogen-bond acceptors (Lipinski definition) is 2. The number of allylic oxidation sites excluding steroid dienone is 1. The largest absolute Gasteiger partial charge is 0.378 e. The molecule has 1 aliphatic heterocycles. The van der Waals surface area contributed by atoms with Crippen LogP contribution < -0.4 is 0 Å². The van der Waals surface area contributed by atoms with Gasteiger partial charge < -0.3 is 9.64 Å². The van der Waals surface area contributed by atoms with Crippen LogP contribution in [0.3, 0.4) is 0 Å². The Balaban J connectivity index is 2.03. The third kappa shape index (κ3) is 2.61. The van der Waals surface area contributed by atoms with Gasteiger partial charge in [-0.1, -0.05) is 37.0 Å². The van der Waals surface area contributed by atoms with Gasteiger partial charge in [0, 0.05) is 13.1 Å². The van der Waals surface area contributed by atoms with E-state index in [0.717, 1.165) is 0 Å². The van der Waals surface area contributed by atoms with Crippen LogP contribution in [0.2, 0.25) is 0 Å². The van der Waals surface area contributed by atoms with Gasteiger partial charge in [0.1, 0.15) is 4.49 Å². The molecule has 0 N–H and O–H groups in total. The van der Waals surface area contributed by atoms with Crippen molar-refractivity contribution < 1.29 is 9.53 Å². The van der Waals surface area contributed by atoms with Crippen LogP contribution in [0.1, 0.15) is 13.8 Å². The molecule has 0 aromatic heterocycles. The van der Waals surface area contributed by atoms with E-state index in [1.807, 2.05) is 4.90 Å². The number of rotatable bonds is 2. The number of ether oxygens (including phenoxy) is 1. The highest BCUT2D eigenvalue weighted by molar-refractivity contribution is 6.55. The van der Waals surface area contributed by atoms with Crippen molar-refractivity contribution in [2.75, 3.05) is 26.3 Å². The third-order valence-corrected chi connectivity index (χ3v) is 4.06. The number of carbonyl (C=O) groups excluding carboxylic acids is 1. The maximum absolute atomic E-state index is 12.3. The van der Waals surface area contributed by atoms with Crippen LogP contribution in [0.4, 0.5) is 0 Å². The van der Waals surface area contributed by atoms with E-state index in [0.29, 0.717) is 26.3 Å². The average Bonchev–Trinajstić information content (AvgIpc) is 2.80. The van der Waals surface area contributed by atoms with Gasteiger partial charge in [-0.05, 0) is 17.4 Å². The fourth-order valence-electron chi connectivity index (χ4n) is 2.58. The number of halogens is 2. The Morgan fingerprint density at radius 2 is 1.94 bits per heavy atom. The summed E-state index contributed by atoms with van der Waals surface area (Å²) in [6.45, 7) is 6.81. The van der Waals surface area contributed by atoms with Crippen molar-refractivity contribution in [1.29, 1.82) is 0 Å². The number of nitrogens with zero attached hydrogens (tertiary/aromatic N) is 1. The van der Waals surface area contributed by atoms with E-state index in [-0.39, 0.29) is 27.6 Å².